The molecule has 0 heterocycles. The fourth-order valence-electron chi connectivity index (χ4n) is 1.33. The maximum atomic E-state index is 2.38. The molecular formula is C11H24N+. The number of rotatable bonds is 7. The summed E-state index contributed by atoms with van der Waals surface area (Å²) < 4.78 is 2.38. The molecule has 0 aromatic rings. The minimum atomic E-state index is 1.16. The van der Waals surface area contributed by atoms with E-state index in [2.05, 4.69) is 31.6 Å². The van der Waals surface area contributed by atoms with Gasteiger partial charge in [-0.05, 0) is 20.3 Å². The van der Waals surface area contributed by atoms with Crippen molar-refractivity contribution in [3.8, 4) is 0 Å². The molecule has 0 fully saturated rings. The van der Waals surface area contributed by atoms with Gasteiger partial charge in [0, 0.05) is 6.42 Å². The van der Waals surface area contributed by atoms with Gasteiger partial charge >= 0.3 is 0 Å². The highest BCUT2D eigenvalue weighted by molar-refractivity contribution is 5.50. The van der Waals surface area contributed by atoms with Crippen LogP contribution < -0.4 is 0 Å². The van der Waals surface area contributed by atoms with Crippen molar-refractivity contribution in [2.45, 2.75) is 52.9 Å². The van der Waals surface area contributed by atoms with Gasteiger partial charge in [-0.25, -0.2) is 4.58 Å². The largest absolute Gasteiger partial charge is 0.240 e. The van der Waals surface area contributed by atoms with Crippen molar-refractivity contribution in [2.75, 3.05) is 13.1 Å². The maximum absolute atomic E-state index is 2.38. The predicted octanol–water partition coefficient (Wildman–Crippen LogP) is 3.08. The number of unbranched alkanes of at least 4 members (excludes halogenated alkanes) is 4. The normalized spacial score (nSPS) is 9.92. The molecule has 0 saturated carbocycles. The van der Waals surface area contributed by atoms with Crippen LogP contribution in [0, 0.1) is 0 Å². The summed E-state index contributed by atoms with van der Waals surface area (Å²) in [5.41, 5.74) is 0. The fourth-order valence-corrected chi connectivity index (χ4v) is 1.33. The number of hydrogen-bond acceptors (Lipinski definition) is 0. The smallest absolute Gasteiger partial charge is 0.139 e. The molecule has 72 valence electrons. The molecule has 0 N–H and O–H groups in total. The number of hydrogen-bond donors (Lipinski definition) is 0. The molecule has 0 aliphatic heterocycles. The van der Waals surface area contributed by atoms with Crippen LogP contribution >= 0.6 is 0 Å². The van der Waals surface area contributed by atoms with E-state index in [1.807, 2.05) is 0 Å². The average molecular weight is 170 g/mol. The predicted molar refractivity (Wildman–Crippen MR) is 56.2 cm³/mol. The Balaban J connectivity index is 3.31. The van der Waals surface area contributed by atoms with E-state index in [0.717, 1.165) is 13.1 Å². The fraction of sp³-hybridized carbons (Fsp3) is 0.909. The Labute approximate surface area is 77.5 Å². The molecule has 0 bridgehead atoms. The average Bonchev–Trinajstić information content (AvgIpc) is 2.11. The highest BCUT2D eigenvalue weighted by Crippen LogP contribution is 2.00. The molecule has 0 amide bonds. The van der Waals surface area contributed by atoms with E-state index in [4.69, 9.17) is 0 Å². The van der Waals surface area contributed by atoms with Crippen molar-refractivity contribution in [1.29, 1.82) is 0 Å². The van der Waals surface area contributed by atoms with Crippen LogP contribution in [0.15, 0.2) is 0 Å². The zero-order valence-corrected chi connectivity index (χ0v) is 8.97. The van der Waals surface area contributed by atoms with Crippen molar-refractivity contribution in [2.24, 2.45) is 0 Å². The SMILES string of the molecule is CCCCCCC=[N+](CC)CC. The second kappa shape index (κ2) is 8.76. The molecular weight excluding hydrogens is 146 g/mol. The van der Waals surface area contributed by atoms with Gasteiger partial charge in [0.15, 0.2) is 0 Å². The molecule has 0 unspecified atom stereocenters. The van der Waals surface area contributed by atoms with E-state index in [9.17, 15) is 0 Å². The van der Waals surface area contributed by atoms with Crippen molar-refractivity contribution >= 4 is 6.21 Å². The Morgan fingerprint density at radius 2 is 1.58 bits per heavy atom. The minimum Gasteiger partial charge on any atom is -0.240 e. The molecule has 0 aliphatic rings. The van der Waals surface area contributed by atoms with E-state index < -0.39 is 0 Å². The molecule has 0 aliphatic carbocycles. The molecule has 1 nitrogen and oxygen atoms in total. The zero-order chi connectivity index (χ0) is 9.23. The van der Waals surface area contributed by atoms with Crippen LogP contribution in [0.2, 0.25) is 0 Å². The monoisotopic (exact) mass is 170 g/mol. The van der Waals surface area contributed by atoms with Gasteiger partial charge in [-0.15, -0.1) is 0 Å². The second-order valence-electron chi connectivity index (χ2n) is 3.25. The Bertz CT molecular complexity index is 110. The van der Waals surface area contributed by atoms with Gasteiger partial charge in [-0.2, -0.15) is 0 Å². The first-order valence-corrected chi connectivity index (χ1v) is 5.42. The van der Waals surface area contributed by atoms with Crippen LogP contribution in [0.4, 0.5) is 0 Å². The van der Waals surface area contributed by atoms with Gasteiger partial charge in [-0.3, -0.25) is 0 Å². The van der Waals surface area contributed by atoms with Gasteiger partial charge in [0.2, 0.25) is 0 Å². The van der Waals surface area contributed by atoms with Crippen LogP contribution in [0.5, 0.6) is 0 Å². The summed E-state index contributed by atoms with van der Waals surface area (Å²) in [6.45, 7) is 9.00. The molecule has 12 heavy (non-hydrogen) atoms. The maximum Gasteiger partial charge on any atom is 0.139 e. The van der Waals surface area contributed by atoms with E-state index in [1.165, 1.54) is 32.1 Å². The molecule has 0 atom stereocenters. The molecule has 0 radical (unpaired) electrons. The van der Waals surface area contributed by atoms with Crippen LogP contribution in [0.3, 0.4) is 0 Å². The summed E-state index contributed by atoms with van der Waals surface area (Å²) >= 11 is 0. The Morgan fingerprint density at radius 1 is 0.917 bits per heavy atom. The van der Waals surface area contributed by atoms with E-state index >= 15 is 0 Å². The first kappa shape index (κ1) is 11.7. The quantitative estimate of drug-likeness (QED) is 0.314. The van der Waals surface area contributed by atoms with Gasteiger partial charge in [0.05, 0.1) is 0 Å². The summed E-state index contributed by atoms with van der Waals surface area (Å²) in [4.78, 5) is 0. The minimum absolute atomic E-state index is 1.16. The molecule has 1 heteroatoms. The zero-order valence-electron chi connectivity index (χ0n) is 8.97. The van der Waals surface area contributed by atoms with Gasteiger partial charge in [-0.1, -0.05) is 26.2 Å². The number of nitrogens with zero attached hydrogens (tertiary/aromatic N) is 1. The summed E-state index contributed by atoms with van der Waals surface area (Å²) in [5, 5.41) is 0. The molecule has 0 spiro atoms. The van der Waals surface area contributed by atoms with Gasteiger partial charge in [0.1, 0.15) is 19.3 Å². The van der Waals surface area contributed by atoms with Gasteiger partial charge < -0.3 is 0 Å². The standard InChI is InChI=1S/C11H24N/c1-4-7-8-9-10-11-12(5-2)6-3/h11H,4-10H2,1-3H3/q+1. The van der Waals surface area contributed by atoms with E-state index in [1.54, 1.807) is 0 Å². The summed E-state index contributed by atoms with van der Waals surface area (Å²) in [6.07, 6.45) is 9.12. The Morgan fingerprint density at radius 3 is 2.08 bits per heavy atom. The Hall–Kier alpha value is -0.330. The molecule has 0 rings (SSSR count). The van der Waals surface area contributed by atoms with Crippen LogP contribution in [0.1, 0.15) is 52.9 Å². The van der Waals surface area contributed by atoms with Crippen LogP contribution in [-0.4, -0.2) is 23.9 Å². The van der Waals surface area contributed by atoms with E-state index in [-0.39, 0.29) is 0 Å². The molecule has 0 aromatic heterocycles. The third-order valence-electron chi connectivity index (χ3n) is 2.26. The lowest BCUT2D eigenvalue weighted by Crippen LogP contribution is -2.11. The topological polar surface area (TPSA) is 3.01 Å². The van der Waals surface area contributed by atoms with Gasteiger partial charge in [0.25, 0.3) is 0 Å². The van der Waals surface area contributed by atoms with Crippen molar-refractivity contribution < 1.29 is 4.58 Å². The first-order valence-electron chi connectivity index (χ1n) is 5.42. The molecule has 0 saturated heterocycles. The highest BCUT2D eigenvalue weighted by atomic mass is 15.0. The lowest BCUT2D eigenvalue weighted by atomic mass is 10.2. The van der Waals surface area contributed by atoms with Crippen molar-refractivity contribution in [3.63, 3.8) is 0 Å². The lowest BCUT2D eigenvalue weighted by Gasteiger charge is -1.96. The lowest BCUT2D eigenvalue weighted by molar-refractivity contribution is -0.517. The summed E-state index contributed by atoms with van der Waals surface area (Å²) in [7, 11) is 0. The molecule has 0 aromatic carbocycles. The van der Waals surface area contributed by atoms with Crippen LogP contribution in [-0.2, 0) is 0 Å². The van der Waals surface area contributed by atoms with Crippen LogP contribution in [0.25, 0.3) is 0 Å². The highest BCUT2D eigenvalue weighted by Gasteiger charge is 1.94. The summed E-state index contributed by atoms with van der Waals surface area (Å²) in [6, 6.07) is 0. The summed E-state index contributed by atoms with van der Waals surface area (Å²) in [5.74, 6) is 0. The second-order valence-corrected chi connectivity index (χ2v) is 3.25. The van der Waals surface area contributed by atoms with Crippen molar-refractivity contribution in [1.82, 2.24) is 0 Å². The third kappa shape index (κ3) is 6.38. The first-order chi connectivity index (χ1) is 5.85. The Kier molecular flexibility index (Phi) is 8.52. The van der Waals surface area contributed by atoms with E-state index in [0.29, 0.717) is 0 Å². The third-order valence-corrected chi connectivity index (χ3v) is 2.26. The van der Waals surface area contributed by atoms with Crippen molar-refractivity contribution in [3.05, 3.63) is 0 Å².